The summed E-state index contributed by atoms with van der Waals surface area (Å²) in [6.45, 7) is 1.96. The Labute approximate surface area is 247 Å². The monoisotopic (exact) mass is 607 g/mol. The second-order valence-corrected chi connectivity index (χ2v) is 12.2. The first-order valence-electron chi connectivity index (χ1n) is 13.0. The third-order valence-corrected chi connectivity index (χ3v) is 9.68. The lowest BCUT2D eigenvalue weighted by molar-refractivity contribution is -0.129. The number of hydrogen-bond acceptors (Lipinski definition) is 9. The number of aromatic nitrogens is 1. The van der Waals surface area contributed by atoms with Gasteiger partial charge in [-0.2, -0.15) is 0 Å². The van der Waals surface area contributed by atoms with E-state index in [0.717, 1.165) is 9.87 Å². The predicted octanol–water partition coefficient (Wildman–Crippen LogP) is 4.65. The van der Waals surface area contributed by atoms with Crippen molar-refractivity contribution >= 4 is 39.0 Å². The minimum absolute atomic E-state index is 0.0807. The maximum Gasteiger partial charge on any atom is 0.271 e. The topological polar surface area (TPSA) is 119 Å². The number of sulfonamides is 1. The summed E-state index contributed by atoms with van der Waals surface area (Å²) in [6, 6.07) is 14.6. The lowest BCUT2D eigenvalue weighted by Crippen LogP contribution is -2.55. The molecule has 0 bridgehead atoms. The Morgan fingerprint density at radius 2 is 1.76 bits per heavy atom. The van der Waals surface area contributed by atoms with Crippen LogP contribution in [0.15, 0.2) is 82.4 Å². The molecule has 1 unspecified atom stereocenters. The first-order valence-corrected chi connectivity index (χ1v) is 14.8. The molecule has 3 aromatic carbocycles. The molecule has 1 amide bonds. The van der Waals surface area contributed by atoms with Gasteiger partial charge in [0.15, 0.2) is 11.3 Å². The number of anilines is 1. The molecule has 10 nitrogen and oxygen atoms in total. The molecule has 0 radical (unpaired) electrons. The first-order chi connectivity index (χ1) is 20.1. The van der Waals surface area contributed by atoms with Gasteiger partial charge in [0.2, 0.25) is 5.89 Å². The highest BCUT2D eigenvalue weighted by molar-refractivity contribution is 7.93. The van der Waals surface area contributed by atoms with Crippen LogP contribution in [0.2, 0.25) is 5.02 Å². The average Bonchev–Trinajstić information content (AvgIpc) is 3.70. The number of oxazole rings is 1. The molecular formula is C30H26ClN3O7S. The molecule has 3 heterocycles. The van der Waals surface area contributed by atoms with E-state index in [0.29, 0.717) is 17.1 Å². The van der Waals surface area contributed by atoms with Gasteiger partial charge in [0.05, 0.1) is 31.0 Å². The Bertz CT molecular complexity index is 1810. The largest absolute Gasteiger partial charge is 0.497 e. The summed E-state index contributed by atoms with van der Waals surface area (Å²) in [5.41, 5.74) is -0.322. The number of aryl methyl sites for hydroxylation is 1. The van der Waals surface area contributed by atoms with Crippen molar-refractivity contribution in [2.24, 2.45) is 0 Å². The van der Waals surface area contributed by atoms with Gasteiger partial charge in [-0.15, -0.1) is 0 Å². The molecule has 1 aromatic heterocycles. The maximum atomic E-state index is 15.1. The van der Waals surface area contributed by atoms with Gasteiger partial charge < -0.3 is 13.9 Å². The summed E-state index contributed by atoms with van der Waals surface area (Å²) >= 11 is 6.53. The number of fused-ring (bicyclic) bond motifs is 1. The number of halogens is 1. The van der Waals surface area contributed by atoms with E-state index in [-0.39, 0.29) is 45.8 Å². The van der Waals surface area contributed by atoms with Gasteiger partial charge in [0.25, 0.3) is 15.9 Å². The maximum absolute atomic E-state index is 15.1. The van der Waals surface area contributed by atoms with Crippen LogP contribution >= 0.6 is 11.6 Å². The minimum atomic E-state index is -4.47. The molecule has 2 aliphatic heterocycles. The molecule has 0 N–H and O–H groups in total. The third kappa shape index (κ3) is 4.03. The molecule has 6 rings (SSSR count). The van der Waals surface area contributed by atoms with Crippen molar-refractivity contribution < 1.29 is 31.9 Å². The molecule has 2 atom stereocenters. The minimum Gasteiger partial charge on any atom is -0.497 e. The van der Waals surface area contributed by atoms with Crippen molar-refractivity contribution in [3.8, 4) is 11.5 Å². The van der Waals surface area contributed by atoms with Gasteiger partial charge >= 0.3 is 0 Å². The van der Waals surface area contributed by atoms with Crippen molar-refractivity contribution in [2.75, 3.05) is 25.1 Å². The highest BCUT2D eigenvalue weighted by Crippen LogP contribution is 2.56. The van der Waals surface area contributed by atoms with Crippen molar-refractivity contribution in [2.45, 2.75) is 29.8 Å². The summed E-state index contributed by atoms with van der Waals surface area (Å²) in [6.07, 6.45) is 2.85. The predicted molar refractivity (Wildman–Crippen MR) is 153 cm³/mol. The van der Waals surface area contributed by atoms with E-state index < -0.39 is 27.5 Å². The zero-order valence-electron chi connectivity index (χ0n) is 22.9. The molecule has 0 aliphatic carbocycles. The van der Waals surface area contributed by atoms with Gasteiger partial charge in [0, 0.05) is 29.1 Å². The van der Waals surface area contributed by atoms with Crippen molar-refractivity contribution in [1.82, 2.24) is 9.88 Å². The molecular weight excluding hydrogens is 582 g/mol. The SMILES string of the molecule is COc1ccc(S(=O)(=O)N2C(=O)C(c3cc(C)ccc3OC)(N3CCC(=O)[C@@H]3c3ncco3)c3cc(Cl)ccc32)cc1. The van der Waals surface area contributed by atoms with E-state index in [2.05, 4.69) is 4.98 Å². The molecule has 2 aliphatic rings. The molecule has 4 aromatic rings. The fourth-order valence-corrected chi connectivity index (χ4v) is 7.54. The Morgan fingerprint density at radius 1 is 1.00 bits per heavy atom. The van der Waals surface area contributed by atoms with Crippen LogP contribution in [0.4, 0.5) is 5.69 Å². The third-order valence-electron chi connectivity index (χ3n) is 7.74. The van der Waals surface area contributed by atoms with E-state index in [4.69, 9.17) is 25.5 Å². The second kappa shape index (κ2) is 10.3. The highest BCUT2D eigenvalue weighted by Gasteiger charge is 2.64. The summed E-state index contributed by atoms with van der Waals surface area (Å²) < 4.78 is 45.9. The number of hydrogen-bond donors (Lipinski definition) is 0. The lowest BCUT2D eigenvalue weighted by Gasteiger charge is -2.40. The zero-order chi connectivity index (χ0) is 29.8. The van der Waals surface area contributed by atoms with Gasteiger partial charge in [-0.25, -0.2) is 17.7 Å². The van der Waals surface area contributed by atoms with Crippen molar-refractivity contribution in [3.05, 3.63) is 101 Å². The van der Waals surface area contributed by atoms with Crippen LogP contribution in [0, 0.1) is 6.92 Å². The van der Waals surface area contributed by atoms with Crippen LogP contribution in [-0.4, -0.2) is 50.8 Å². The number of methoxy groups -OCH3 is 2. The number of nitrogens with zero attached hydrogens (tertiary/aromatic N) is 3. The number of carbonyl (C=O) groups is 2. The van der Waals surface area contributed by atoms with Crippen LogP contribution < -0.4 is 13.8 Å². The Kier molecular flexibility index (Phi) is 6.83. The van der Waals surface area contributed by atoms with E-state index in [1.165, 1.54) is 63.1 Å². The number of Topliss-reactive ketones (excluding diaryl/α,β-unsaturated/α-hetero) is 1. The average molecular weight is 608 g/mol. The molecule has 42 heavy (non-hydrogen) atoms. The number of amides is 1. The quantitative estimate of drug-likeness (QED) is 0.296. The van der Waals surface area contributed by atoms with Crippen LogP contribution in [0.1, 0.15) is 35.0 Å². The van der Waals surface area contributed by atoms with Crippen LogP contribution in [0.3, 0.4) is 0 Å². The fourth-order valence-electron chi connectivity index (χ4n) is 5.91. The standard InChI is InChI=1S/C30H26ClN3O7S/c1-18-4-11-26(40-3)23(16-18)30(33-14-12-25(35)27(33)28-32-13-15-41-28)22-17-19(31)5-10-24(22)34(29(30)36)42(37,38)21-8-6-20(39-2)7-9-21/h4-11,13,15-17,27H,12,14H2,1-3H3/t27-,30?/m1/s1. The molecule has 0 spiro atoms. The number of benzene rings is 3. The number of carbonyl (C=O) groups excluding carboxylic acids is 2. The van der Waals surface area contributed by atoms with Gasteiger partial charge in [-0.05, 0) is 61.5 Å². The van der Waals surface area contributed by atoms with E-state index >= 15 is 4.79 Å². The summed E-state index contributed by atoms with van der Waals surface area (Å²) in [5, 5.41) is 0.277. The Balaban J connectivity index is 1.69. The summed E-state index contributed by atoms with van der Waals surface area (Å²) in [4.78, 5) is 34.4. The molecule has 1 saturated heterocycles. The smallest absolute Gasteiger partial charge is 0.271 e. The first kappa shape index (κ1) is 28.0. The highest BCUT2D eigenvalue weighted by atomic mass is 35.5. The Hall–Kier alpha value is -4.19. The number of likely N-dealkylation sites (tertiary alicyclic amines) is 1. The summed E-state index contributed by atoms with van der Waals surface area (Å²) in [7, 11) is -1.53. The molecule has 216 valence electrons. The number of ether oxygens (including phenoxy) is 2. The van der Waals surface area contributed by atoms with Crippen molar-refractivity contribution in [3.63, 3.8) is 0 Å². The molecule has 12 heteroatoms. The van der Waals surface area contributed by atoms with Crippen LogP contribution in [0.5, 0.6) is 11.5 Å². The van der Waals surface area contributed by atoms with E-state index in [9.17, 15) is 13.2 Å². The van der Waals surface area contributed by atoms with Gasteiger partial charge in [-0.1, -0.05) is 23.2 Å². The summed E-state index contributed by atoms with van der Waals surface area (Å²) in [5.74, 6) is -0.162. The fraction of sp³-hybridized carbons (Fsp3) is 0.233. The second-order valence-electron chi connectivity index (χ2n) is 10.0. The van der Waals surface area contributed by atoms with E-state index in [1.54, 1.807) is 23.1 Å². The zero-order valence-corrected chi connectivity index (χ0v) is 24.5. The Morgan fingerprint density at radius 3 is 2.43 bits per heavy atom. The van der Waals surface area contributed by atoms with E-state index in [1.807, 2.05) is 13.0 Å². The van der Waals surface area contributed by atoms with Crippen molar-refractivity contribution in [1.29, 1.82) is 0 Å². The van der Waals surface area contributed by atoms with Crippen LogP contribution in [0.25, 0.3) is 0 Å². The normalized spacial score (nSPS) is 20.7. The number of ketones is 1. The lowest BCUT2D eigenvalue weighted by atomic mass is 9.80. The van der Waals surface area contributed by atoms with Crippen LogP contribution in [-0.2, 0) is 25.2 Å². The van der Waals surface area contributed by atoms with Gasteiger partial charge in [0.1, 0.15) is 23.8 Å². The number of rotatable bonds is 7. The molecule has 1 fully saturated rings. The van der Waals surface area contributed by atoms with Gasteiger partial charge in [-0.3, -0.25) is 14.5 Å². The molecule has 0 saturated carbocycles.